The molecule has 0 fully saturated rings. The van der Waals surface area contributed by atoms with E-state index in [1.165, 1.54) is 11.7 Å². The Hall–Kier alpha value is -5.22. The highest BCUT2D eigenvalue weighted by atomic mass is 32.1. The first-order valence-electron chi connectivity index (χ1n) is 13.4. The quantitative estimate of drug-likeness (QED) is 0.185. The molecule has 42 heavy (non-hydrogen) atoms. The third kappa shape index (κ3) is 5.39. The second kappa shape index (κ2) is 11.7. The number of carbonyl (C=O) groups is 2. The predicted octanol–water partition coefficient (Wildman–Crippen LogP) is 7.19. The van der Waals surface area contributed by atoms with Gasteiger partial charge in [-0.15, -0.1) is 0 Å². The number of rotatable bonds is 8. The topological polar surface area (TPSA) is 107 Å². The molecule has 0 saturated carbocycles. The molecule has 6 rings (SSSR count). The summed E-state index contributed by atoms with van der Waals surface area (Å²) in [5.41, 5.74) is 6.60. The SMILES string of the molecule is CCOC(=O)c1c(-c2ccc(OC)cc2)c2cc(NC(=O)Nc3ccccc3)ccc2n1Cc1ccc2nsnc2c1. The zero-order valence-corrected chi connectivity index (χ0v) is 23.8. The second-order valence-electron chi connectivity index (χ2n) is 9.52. The summed E-state index contributed by atoms with van der Waals surface area (Å²) >= 11 is 1.17. The van der Waals surface area contributed by atoms with Crippen molar-refractivity contribution >= 4 is 57.0 Å². The summed E-state index contributed by atoms with van der Waals surface area (Å²) in [6.45, 7) is 2.41. The van der Waals surface area contributed by atoms with Gasteiger partial charge in [0, 0.05) is 34.4 Å². The molecule has 2 heterocycles. The molecule has 0 aliphatic rings. The summed E-state index contributed by atoms with van der Waals surface area (Å²) in [6, 6.07) is 27.9. The Morgan fingerprint density at radius 3 is 2.38 bits per heavy atom. The van der Waals surface area contributed by atoms with E-state index in [0.717, 1.165) is 33.1 Å². The van der Waals surface area contributed by atoms with Gasteiger partial charge in [0.15, 0.2) is 0 Å². The number of hydrogen-bond acceptors (Lipinski definition) is 7. The van der Waals surface area contributed by atoms with Crippen LogP contribution in [0.25, 0.3) is 33.1 Å². The van der Waals surface area contributed by atoms with Crippen LogP contribution in [0.5, 0.6) is 5.75 Å². The van der Waals surface area contributed by atoms with Gasteiger partial charge in [0.2, 0.25) is 0 Å². The van der Waals surface area contributed by atoms with Crippen LogP contribution >= 0.6 is 11.7 Å². The van der Waals surface area contributed by atoms with Crippen molar-refractivity contribution in [3.8, 4) is 16.9 Å². The third-order valence-electron chi connectivity index (χ3n) is 6.86. The predicted molar refractivity (Wildman–Crippen MR) is 165 cm³/mol. The second-order valence-corrected chi connectivity index (χ2v) is 10.1. The number of benzene rings is 4. The summed E-state index contributed by atoms with van der Waals surface area (Å²) in [7, 11) is 1.61. The van der Waals surface area contributed by atoms with Gasteiger partial charge in [0.05, 0.1) is 25.4 Å². The maximum Gasteiger partial charge on any atom is 0.355 e. The van der Waals surface area contributed by atoms with Crippen LogP contribution in [-0.2, 0) is 11.3 Å². The van der Waals surface area contributed by atoms with Gasteiger partial charge in [-0.1, -0.05) is 36.4 Å². The molecular weight excluding hydrogens is 550 g/mol. The lowest BCUT2D eigenvalue weighted by molar-refractivity contribution is 0.0516. The van der Waals surface area contributed by atoms with Crippen LogP contribution in [-0.4, -0.2) is 39.0 Å². The van der Waals surface area contributed by atoms with E-state index < -0.39 is 5.97 Å². The van der Waals surface area contributed by atoms with Crippen LogP contribution in [0.2, 0.25) is 0 Å². The van der Waals surface area contributed by atoms with E-state index in [4.69, 9.17) is 9.47 Å². The van der Waals surface area contributed by atoms with Crippen LogP contribution in [0.4, 0.5) is 16.2 Å². The molecule has 210 valence electrons. The standard InChI is InChI=1S/C32H27N5O4S/c1-3-41-31(38)30-29(21-10-13-24(40-2)14-11-21)25-18-23(34-32(39)33-22-7-5-4-6-8-22)12-16-28(25)37(30)19-20-9-15-26-27(17-20)36-42-35-26/h4-18H,3,19H2,1-2H3,(H2,33,34,39). The number of nitrogens with one attached hydrogen (secondary N) is 2. The maximum atomic E-state index is 13.6. The number of para-hydroxylation sites is 1. The van der Waals surface area contributed by atoms with Crippen molar-refractivity contribution in [3.63, 3.8) is 0 Å². The van der Waals surface area contributed by atoms with Crippen molar-refractivity contribution in [2.45, 2.75) is 13.5 Å². The summed E-state index contributed by atoms with van der Waals surface area (Å²) in [6.07, 6.45) is 0. The number of ether oxygens (including phenoxy) is 2. The minimum absolute atomic E-state index is 0.228. The van der Waals surface area contributed by atoms with Crippen molar-refractivity contribution in [3.05, 3.63) is 102 Å². The molecule has 0 saturated heterocycles. The molecule has 0 spiro atoms. The summed E-state index contributed by atoms with van der Waals surface area (Å²) in [5, 5.41) is 6.55. The minimum Gasteiger partial charge on any atom is -0.497 e. The van der Waals surface area contributed by atoms with Gasteiger partial charge in [-0.2, -0.15) is 8.75 Å². The average Bonchev–Trinajstić information content (AvgIpc) is 3.60. The number of nitrogens with zero attached hydrogens (tertiary/aromatic N) is 3. The van der Waals surface area contributed by atoms with E-state index >= 15 is 0 Å². The van der Waals surface area contributed by atoms with E-state index in [2.05, 4.69) is 19.4 Å². The number of aromatic nitrogens is 3. The Labute approximate surface area is 246 Å². The number of urea groups is 1. The molecule has 2 aromatic heterocycles. The molecule has 4 aromatic carbocycles. The number of fused-ring (bicyclic) bond motifs is 2. The zero-order chi connectivity index (χ0) is 29.1. The molecule has 10 heteroatoms. The number of hydrogen-bond donors (Lipinski definition) is 2. The molecular formula is C32H27N5O4S. The lowest BCUT2D eigenvalue weighted by Gasteiger charge is -2.12. The number of anilines is 2. The molecule has 0 bridgehead atoms. The van der Waals surface area contributed by atoms with Crippen molar-refractivity contribution in [2.75, 3.05) is 24.4 Å². The maximum absolute atomic E-state index is 13.6. The third-order valence-corrected chi connectivity index (χ3v) is 7.42. The number of esters is 1. The molecule has 0 unspecified atom stereocenters. The smallest absolute Gasteiger partial charge is 0.355 e. The molecule has 0 atom stereocenters. The molecule has 2 N–H and O–H groups in total. The van der Waals surface area contributed by atoms with E-state index in [1.807, 2.05) is 95.6 Å². The fourth-order valence-corrected chi connectivity index (χ4v) is 5.50. The molecule has 6 aromatic rings. The highest BCUT2D eigenvalue weighted by molar-refractivity contribution is 7.00. The van der Waals surface area contributed by atoms with Crippen molar-refractivity contribution in [1.29, 1.82) is 0 Å². The Bertz CT molecular complexity index is 1900. The van der Waals surface area contributed by atoms with Crippen LogP contribution in [0.15, 0.2) is 91.0 Å². The van der Waals surface area contributed by atoms with E-state index in [0.29, 0.717) is 34.9 Å². The molecule has 0 aliphatic carbocycles. The van der Waals surface area contributed by atoms with Gasteiger partial charge in [-0.3, -0.25) is 0 Å². The fraction of sp³-hybridized carbons (Fsp3) is 0.125. The van der Waals surface area contributed by atoms with E-state index in [1.54, 1.807) is 14.0 Å². The van der Waals surface area contributed by atoms with E-state index in [-0.39, 0.29) is 12.6 Å². The van der Waals surface area contributed by atoms with Gasteiger partial charge in [-0.05, 0) is 72.6 Å². The van der Waals surface area contributed by atoms with Crippen LogP contribution in [0.3, 0.4) is 0 Å². The van der Waals surface area contributed by atoms with Crippen molar-refractivity contribution in [2.24, 2.45) is 0 Å². The van der Waals surface area contributed by atoms with Crippen molar-refractivity contribution in [1.82, 2.24) is 13.3 Å². The highest BCUT2D eigenvalue weighted by Gasteiger charge is 2.26. The summed E-state index contributed by atoms with van der Waals surface area (Å²) in [5.74, 6) is 0.262. The Morgan fingerprint density at radius 1 is 0.857 bits per heavy atom. The zero-order valence-electron chi connectivity index (χ0n) is 23.0. The summed E-state index contributed by atoms with van der Waals surface area (Å²) in [4.78, 5) is 26.4. The average molecular weight is 578 g/mol. The number of carbonyl (C=O) groups excluding carboxylic acids is 2. The molecule has 9 nitrogen and oxygen atoms in total. The Balaban J connectivity index is 1.49. The van der Waals surface area contributed by atoms with Gasteiger partial charge in [-0.25, -0.2) is 9.59 Å². The largest absolute Gasteiger partial charge is 0.497 e. The molecule has 2 amide bonds. The number of methoxy groups -OCH3 is 1. The first kappa shape index (κ1) is 27.0. The Morgan fingerprint density at radius 2 is 1.62 bits per heavy atom. The van der Waals surface area contributed by atoms with Gasteiger partial charge in [0.1, 0.15) is 22.5 Å². The van der Waals surface area contributed by atoms with Gasteiger partial charge < -0.3 is 24.7 Å². The lowest BCUT2D eigenvalue weighted by atomic mass is 10.0. The molecule has 0 radical (unpaired) electrons. The lowest BCUT2D eigenvalue weighted by Crippen LogP contribution is -2.19. The van der Waals surface area contributed by atoms with Gasteiger partial charge in [0.25, 0.3) is 0 Å². The first-order chi connectivity index (χ1) is 20.5. The van der Waals surface area contributed by atoms with Crippen LogP contribution < -0.4 is 15.4 Å². The summed E-state index contributed by atoms with van der Waals surface area (Å²) < 4.78 is 21.6. The van der Waals surface area contributed by atoms with Crippen molar-refractivity contribution < 1.29 is 19.1 Å². The van der Waals surface area contributed by atoms with Crippen LogP contribution in [0, 0.1) is 0 Å². The van der Waals surface area contributed by atoms with Gasteiger partial charge >= 0.3 is 12.0 Å². The minimum atomic E-state index is -0.438. The van der Waals surface area contributed by atoms with E-state index in [9.17, 15) is 9.59 Å². The monoisotopic (exact) mass is 577 g/mol. The van der Waals surface area contributed by atoms with Crippen LogP contribution in [0.1, 0.15) is 23.0 Å². The fourth-order valence-electron chi connectivity index (χ4n) is 4.98. The Kier molecular flexibility index (Phi) is 7.52. The first-order valence-corrected chi connectivity index (χ1v) is 14.1. The normalized spacial score (nSPS) is 11.0. The molecule has 0 aliphatic heterocycles. The highest BCUT2D eigenvalue weighted by Crippen LogP contribution is 2.38. The number of amides is 2.